The number of β-amino-alcohol motifs (C(OH)–C–C–N with tert-alkyl or cyclic N) is 1. The van der Waals surface area contributed by atoms with Crippen LogP contribution in [-0.2, 0) is 9.47 Å². The molecule has 0 aromatic carbocycles. The lowest BCUT2D eigenvalue weighted by molar-refractivity contribution is -0.0937. The van der Waals surface area contributed by atoms with Gasteiger partial charge in [-0.3, -0.25) is 4.90 Å². The molecule has 2 aliphatic heterocycles. The zero-order chi connectivity index (χ0) is 15.7. The summed E-state index contributed by atoms with van der Waals surface area (Å²) in [6.45, 7) is 9.11. The van der Waals surface area contributed by atoms with E-state index in [1.54, 1.807) is 12.0 Å². The van der Waals surface area contributed by atoms with Gasteiger partial charge < -0.3 is 19.5 Å². The van der Waals surface area contributed by atoms with E-state index in [9.17, 15) is 9.90 Å². The first kappa shape index (κ1) is 16.5. The number of hydrogen-bond acceptors (Lipinski definition) is 5. The van der Waals surface area contributed by atoms with Gasteiger partial charge in [-0.15, -0.1) is 0 Å². The van der Waals surface area contributed by atoms with Crippen LogP contribution in [0.3, 0.4) is 0 Å². The van der Waals surface area contributed by atoms with Crippen LogP contribution in [0, 0.1) is 0 Å². The van der Waals surface area contributed by atoms with Gasteiger partial charge in [-0.1, -0.05) is 0 Å². The zero-order valence-corrected chi connectivity index (χ0v) is 13.6. The highest BCUT2D eigenvalue weighted by Gasteiger charge is 2.39. The molecule has 0 bridgehead atoms. The monoisotopic (exact) mass is 300 g/mol. The second-order valence-corrected chi connectivity index (χ2v) is 7.24. The average Bonchev–Trinajstić information content (AvgIpc) is 2.32. The lowest BCUT2D eigenvalue weighted by Crippen LogP contribution is -2.59. The molecule has 6 heteroatoms. The summed E-state index contributed by atoms with van der Waals surface area (Å²) in [4.78, 5) is 15.9. The van der Waals surface area contributed by atoms with Gasteiger partial charge in [-0.25, -0.2) is 4.79 Å². The van der Waals surface area contributed by atoms with Gasteiger partial charge in [0.2, 0.25) is 0 Å². The highest BCUT2D eigenvalue weighted by atomic mass is 16.6. The lowest BCUT2D eigenvalue weighted by Gasteiger charge is -2.45. The van der Waals surface area contributed by atoms with Crippen molar-refractivity contribution in [3.05, 3.63) is 0 Å². The van der Waals surface area contributed by atoms with Crippen molar-refractivity contribution >= 4 is 6.09 Å². The third-order valence-corrected chi connectivity index (χ3v) is 4.12. The number of nitrogens with zero attached hydrogens (tertiary/aromatic N) is 2. The topological polar surface area (TPSA) is 62.2 Å². The maximum atomic E-state index is 12.0. The molecule has 0 radical (unpaired) electrons. The Bertz CT molecular complexity index is 366. The van der Waals surface area contributed by atoms with E-state index in [0.29, 0.717) is 38.6 Å². The molecule has 122 valence electrons. The number of methoxy groups -OCH3 is 1. The van der Waals surface area contributed by atoms with E-state index in [2.05, 4.69) is 4.90 Å². The van der Waals surface area contributed by atoms with Crippen LogP contribution in [0.1, 0.15) is 33.6 Å². The van der Waals surface area contributed by atoms with Crippen molar-refractivity contribution in [1.29, 1.82) is 0 Å². The van der Waals surface area contributed by atoms with Gasteiger partial charge in [0.15, 0.2) is 0 Å². The largest absolute Gasteiger partial charge is 0.444 e. The average molecular weight is 300 g/mol. The molecule has 0 atom stereocenters. The molecule has 0 aromatic rings. The van der Waals surface area contributed by atoms with Gasteiger partial charge in [-0.2, -0.15) is 0 Å². The Morgan fingerprint density at radius 2 is 1.86 bits per heavy atom. The second-order valence-electron chi connectivity index (χ2n) is 7.24. The summed E-state index contributed by atoms with van der Waals surface area (Å²) in [5, 5.41) is 10.6. The number of carbonyl (C=O) groups is 1. The molecule has 2 heterocycles. The van der Waals surface area contributed by atoms with E-state index in [-0.39, 0.29) is 6.09 Å². The SMILES string of the molecule is COC1CN(CC2(O)CCN(C(=O)OC(C)(C)C)CC2)C1. The minimum Gasteiger partial charge on any atom is -0.444 e. The molecule has 0 saturated carbocycles. The normalized spacial score (nSPS) is 23.8. The summed E-state index contributed by atoms with van der Waals surface area (Å²) >= 11 is 0. The second kappa shape index (κ2) is 6.10. The number of carbonyl (C=O) groups excluding carboxylic acids is 1. The predicted molar refractivity (Wildman–Crippen MR) is 79.2 cm³/mol. The van der Waals surface area contributed by atoms with Crippen molar-refractivity contribution in [3.8, 4) is 0 Å². The van der Waals surface area contributed by atoms with E-state index in [1.807, 2.05) is 20.8 Å². The van der Waals surface area contributed by atoms with Crippen LogP contribution in [0.5, 0.6) is 0 Å². The summed E-state index contributed by atoms with van der Waals surface area (Å²) < 4.78 is 10.6. The molecule has 6 nitrogen and oxygen atoms in total. The highest BCUT2D eigenvalue weighted by Crippen LogP contribution is 2.26. The molecule has 0 spiro atoms. The standard InChI is InChI=1S/C15H28N2O4/c1-14(2,3)21-13(18)17-7-5-15(19,6-8-17)11-16-9-12(10-16)20-4/h12,19H,5-11H2,1-4H3. The number of rotatable bonds is 3. The Hall–Kier alpha value is -0.850. The summed E-state index contributed by atoms with van der Waals surface area (Å²) in [7, 11) is 1.72. The number of amides is 1. The summed E-state index contributed by atoms with van der Waals surface area (Å²) in [6, 6.07) is 0. The fraction of sp³-hybridized carbons (Fsp3) is 0.933. The molecule has 2 rings (SSSR count). The van der Waals surface area contributed by atoms with Crippen LogP contribution in [0.15, 0.2) is 0 Å². The fourth-order valence-electron chi connectivity index (χ4n) is 2.81. The number of likely N-dealkylation sites (tertiary alicyclic amines) is 2. The van der Waals surface area contributed by atoms with Gasteiger partial charge >= 0.3 is 6.09 Å². The zero-order valence-electron chi connectivity index (χ0n) is 13.6. The van der Waals surface area contributed by atoms with Gasteiger partial charge in [0.1, 0.15) is 5.60 Å². The van der Waals surface area contributed by atoms with Crippen molar-refractivity contribution in [2.45, 2.75) is 50.9 Å². The summed E-state index contributed by atoms with van der Waals surface area (Å²) in [5.41, 5.74) is -1.17. The predicted octanol–water partition coefficient (Wildman–Crippen LogP) is 1.08. The van der Waals surface area contributed by atoms with Crippen LogP contribution in [0.4, 0.5) is 4.79 Å². The first-order chi connectivity index (χ1) is 9.71. The number of ether oxygens (including phenoxy) is 2. The van der Waals surface area contributed by atoms with Crippen molar-refractivity contribution < 1.29 is 19.4 Å². The van der Waals surface area contributed by atoms with Crippen LogP contribution in [0.2, 0.25) is 0 Å². The maximum absolute atomic E-state index is 12.0. The molecule has 0 unspecified atom stereocenters. The van der Waals surface area contributed by atoms with E-state index >= 15 is 0 Å². The molecule has 1 amide bonds. The molecule has 0 aromatic heterocycles. The molecule has 2 saturated heterocycles. The number of piperidine rings is 1. The Morgan fingerprint density at radius 1 is 1.29 bits per heavy atom. The minimum atomic E-state index is -0.697. The first-order valence-electron chi connectivity index (χ1n) is 7.66. The summed E-state index contributed by atoms with van der Waals surface area (Å²) in [6.07, 6.45) is 1.21. The first-order valence-corrected chi connectivity index (χ1v) is 7.66. The van der Waals surface area contributed by atoms with E-state index < -0.39 is 11.2 Å². The quantitative estimate of drug-likeness (QED) is 0.845. The molecule has 2 fully saturated rings. The van der Waals surface area contributed by atoms with Crippen LogP contribution in [-0.4, -0.2) is 78.1 Å². The van der Waals surface area contributed by atoms with Crippen molar-refractivity contribution in [1.82, 2.24) is 9.80 Å². The van der Waals surface area contributed by atoms with Crippen LogP contribution >= 0.6 is 0 Å². The lowest BCUT2D eigenvalue weighted by atomic mass is 9.90. The van der Waals surface area contributed by atoms with Crippen molar-refractivity contribution in [2.24, 2.45) is 0 Å². The van der Waals surface area contributed by atoms with Gasteiger partial charge in [0, 0.05) is 39.8 Å². The third kappa shape index (κ3) is 4.56. The molecular formula is C15H28N2O4. The van der Waals surface area contributed by atoms with E-state index in [1.165, 1.54) is 0 Å². The van der Waals surface area contributed by atoms with E-state index in [4.69, 9.17) is 9.47 Å². The highest BCUT2D eigenvalue weighted by molar-refractivity contribution is 5.68. The third-order valence-electron chi connectivity index (χ3n) is 4.12. The van der Waals surface area contributed by atoms with Crippen LogP contribution < -0.4 is 0 Å². The molecule has 1 N–H and O–H groups in total. The van der Waals surface area contributed by atoms with Gasteiger partial charge in [-0.05, 0) is 33.6 Å². The van der Waals surface area contributed by atoms with Crippen molar-refractivity contribution in [2.75, 3.05) is 39.8 Å². The Balaban J connectivity index is 1.76. The van der Waals surface area contributed by atoms with Gasteiger partial charge in [0.25, 0.3) is 0 Å². The van der Waals surface area contributed by atoms with Gasteiger partial charge in [0.05, 0.1) is 11.7 Å². The smallest absolute Gasteiger partial charge is 0.410 e. The fourth-order valence-corrected chi connectivity index (χ4v) is 2.81. The molecule has 2 aliphatic rings. The molecule has 0 aliphatic carbocycles. The number of aliphatic hydroxyl groups is 1. The van der Waals surface area contributed by atoms with Crippen LogP contribution in [0.25, 0.3) is 0 Å². The minimum absolute atomic E-state index is 0.284. The molecule has 21 heavy (non-hydrogen) atoms. The van der Waals surface area contributed by atoms with Crippen molar-refractivity contribution in [3.63, 3.8) is 0 Å². The summed E-state index contributed by atoms with van der Waals surface area (Å²) in [5.74, 6) is 0. The molecular weight excluding hydrogens is 272 g/mol. The Labute approximate surface area is 127 Å². The maximum Gasteiger partial charge on any atom is 0.410 e. The number of hydrogen-bond donors (Lipinski definition) is 1. The van der Waals surface area contributed by atoms with E-state index in [0.717, 1.165) is 13.1 Å². The Kier molecular flexibility index (Phi) is 4.80. The Morgan fingerprint density at radius 3 is 2.33 bits per heavy atom.